The predicted octanol–water partition coefficient (Wildman–Crippen LogP) is 4.53. The van der Waals surface area contributed by atoms with Crippen molar-refractivity contribution in [3.05, 3.63) is 90.1 Å². The average molecular weight is 375 g/mol. The molecule has 0 radical (unpaired) electrons. The second kappa shape index (κ2) is 7.09. The smallest absolute Gasteiger partial charge is 0.261 e. The Bertz CT molecular complexity index is 1210. The fraction of sp³-hybridized carbons (Fsp3) is 0. The van der Waals surface area contributed by atoms with Gasteiger partial charge >= 0.3 is 0 Å². The van der Waals surface area contributed by atoms with Crippen LogP contribution in [0.5, 0.6) is 0 Å². The predicted molar refractivity (Wildman–Crippen MR) is 109 cm³/mol. The monoisotopic (exact) mass is 375 g/mol. The van der Waals surface area contributed by atoms with Crippen molar-refractivity contribution < 1.29 is 8.42 Å². The van der Waals surface area contributed by atoms with E-state index in [9.17, 15) is 8.42 Å². The number of rotatable bonds is 5. The fourth-order valence-electron chi connectivity index (χ4n) is 2.82. The highest BCUT2D eigenvalue weighted by molar-refractivity contribution is 7.92. The maximum atomic E-state index is 12.6. The Kier molecular flexibility index (Phi) is 4.48. The molecule has 0 unspecified atom stereocenters. The molecule has 2 N–H and O–H groups in total. The topological polar surface area (TPSA) is 74.8 Å². The summed E-state index contributed by atoms with van der Waals surface area (Å²) in [6, 6.07) is 23.4. The van der Waals surface area contributed by atoms with Gasteiger partial charge in [-0.1, -0.05) is 60.7 Å². The lowest BCUT2D eigenvalue weighted by molar-refractivity contribution is 0.601. The number of hydrogen-bond donors (Lipinski definition) is 2. The molecule has 0 saturated carbocycles. The number of benzene rings is 3. The first-order valence-corrected chi connectivity index (χ1v) is 9.90. The van der Waals surface area contributed by atoms with Crippen LogP contribution in [0.2, 0.25) is 0 Å². The molecule has 0 amide bonds. The Morgan fingerprint density at radius 3 is 2.37 bits per heavy atom. The van der Waals surface area contributed by atoms with Gasteiger partial charge in [0.1, 0.15) is 0 Å². The first-order valence-electron chi connectivity index (χ1n) is 8.41. The minimum absolute atomic E-state index is 0.224. The van der Waals surface area contributed by atoms with Crippen molar-refractivity contribution in [2.24, 2.45) is 0 Å². The fourth-order valence-corrected chi connectivity index (χ4v) is 3.93. The molecular weight excluding hydrogens is 358 g/mol. The van der Waals surface area contributed by atoms with E-state index in [2.05, 4.69) is 14.9 Å². The Labute approximate surface area is 157 Å². The van der Waals surface area contributed by atoms with Gasteiger partial charge in [-0.05, 0) is 35.9 Å². The largest absolute Gasteiger partial charge is 0.279 e. The standard InChI is InChI=1S/C21H17N3O2S/c25-27(26,17-9-2-1-3-10-17)24-19-12-6-4-8-16(19)14-15-21-18-11-5-7-13-20(18)22-23-21/h1-15,24H,(H,22,23). The highest BCUT2D eigenvalue weighted by Gasteiger charge is 2.14. The van der Waals surface area contributed by atoms with E-state index in [1.54, 1.807) is 42.5 Å². The summed E-state index contributed by atoms with van der Waals surface area (Å²) in [5.41, 5.74) is 3.02. The average Bonchev–Trinajstić information content (AvgIpc) is 3.11. The molecule has 0 aliphatic carbocycles. The number of hydrogen-bond acceptors (Lipinski definition) is 3. The molecule has 0 atom stereocenters. The van der Waals surface area contributed by atoms with Crippen molar-refractivity contribution in [2.45, 2.75) is 4.90 Å². The minimum atomic E-state index is -3.65. The Morgan fingerprint density at radius 1 is 0.815 bits per heavy atom. The Hall–Kier alpha value is -3.38. The molecule has 0 fully saturated rings. The van der Waals surface area contributed by atoms with Gasteiger partial charge in [0.05, 0.1) is 21.8 Å². The highest BCUT2D eigenvalue weighted by Crippen LogP contribution is 2.23. The zero-order valence-electron chi connectivity index (χ0n) is 14.3. The molecule has 27 heavy (non-hydrogen) atoms. The van der Waals surface area contributed by atoms with Crippen molar-refractivity contribution >= 4 is 38.8 Å². The minimum Gasteiger partial charge on any atom is -0.279 e. The van der Waals surface area contributed by atoms with Crippen LogP contribution >= 0.6 is 0 Å². The molecule has 0 saturated heterocycles. The molecule has 4 rings (SSSR count). The number of H-pyrrole nitrogens is 1. The van der Waals surface area contributed by atoms with E-state index >= 15 is 0 Å². The molecule has 0 bridgehead atoms. The number of fused-ring (bicyclic) bond motifs is 1. The second-order valence-corrected chi connectivity index (χ2v) is 7.68. The Morgan fingerprint density at radius 2 is 1.52 bits per heavy atom. The molecule has 0 aliphatic rings. The van der Waals surface area contributed by atoms with Crippen molar-refractivity contribution in [3.63, 3.8) is 0 Å². The maximum absolute atomic E-state index is 12.6. The van der Waals surface area contributed by atoms with Gasteiger partial charge in [0, 0.05) is 5.39 Å². The van der Waals surface area contributed by atoms with Crippen molar-refractivity contribution in [1.29, 1.82) is 0 Å². The molecule has 3 aromatic carbocycles. The van der Waals surface area contributed by atoms with Crippen molar-refractivity contribution in [3.8, 4) is 0 Å². The van der Waals surface area contributed by atoms with E-state index in [-0.39, 0.29) is 4.90 Å². The second-order valence-electron chi connectivity index (χ2n) is 5.99. The summed E-state index contributed by atoms with van der Waals surface area (Å²) in [6.45, 7) is 0. The number of anilines is 1. The summed E-state index contributed by atoms with van der Waals surface area (Å²) in [5.74, 6) is 0. The van der Waals surface area contributed by atoms with Crippen LogP contribution in [0.4, 0.5) is 5.69 Å². The number of aromatic nitrogens is 2. The summed E-state index contributed by atoms with van der Waals surface area (Å²) in [6.07, 6.45) is 3.72. The van der Waals surface area contributed by atoms with Crippen LogP contribution in [0.3, 0.4) is 0 Å². The number of nitrogens with one attached hydrogen (secondary N) is 2. The molecule has 1 aromatic heterocycles. The van der Waals surface area contributed by atoms with Gasteiger partial charge in [-0.2, -0.15) is 5.10 Å². The number of sulfonamides is 1. The maximum Gasteiger partial charge on any atom is 0.261 e. The SMILES string of the molecule is O=S(=O)(Nc1ccccc1C=Cc1n[nH]c2ccccc12)c1ccccc1. The number of nitrogens with zero attached hydrogens (tertiary/aromatic N) is 1. The van der Waals surface area contributed by atoms with Crippen molar-refractivity contribution in [1.82, 2.24) is 10.2 Å². The van der Waals surface area contributed by atoms with Gasteiger partial charge in [-0.25, -0.2) is 8.42 Å². The van der Waals surface area contributed by atoms with Crippen LogP contribution in [0.25, 0.3) is 23.1 Å². The van der Waals surface area contributed by atoms with Crippen LogP contribution in [-0.2, 0) is 10.0 Å². The number of aromatic amines is 1. The molecule has 1 heterocycles. The molecule has 5 nitrogen and oxygen atoms in total. The lowest BCUT2D eigenvalue weighted by Gasteiger charge is -2.10. The van der Waals surface area contributed by atoms with Crippen LogP contribution < -0.4 is 4.72 Å². The summed E-state index contributed by atoms with van der Waals surface area (Å²) < 4.78 is 27.9. The van der Waals surface area contributed by atoms with Gasteiger partial charge < -0.3 is 0 Å². The molecule has 0 spiro atoms. The van der Waals surface area contributed by atoms with E-state index in [0.717, 1.165) is 22.2 Å². The van der Waals surface area contributed by atoms with Crippen LogP contribution in [0.15, 0.2) is 83.8 Å². The quantitative estimate of drug-likeness (QED) is 0.538. The van der Waals surface area contributed by atoms with Crippen LogP contribution in [0, 0.1) is 0 Å². The molecule has 0 aliphatic heterocycles. The van der Waals surface area contributed by atoms with Gasteiger partial charge in [0.25, 0.3) is 10.0 Å². The molecular formula is C21H17N3O2S. The normalized spacial score (nSPS) is 11.9. The van der Waals surface area contributed by atoms with Crippen LogP contribution in [0.1, 0.15) is 11.3 Å². The van der Waals surface area contributed by atoms with Gasteiger partial charge in [0.15, 0.2) is 0 Å². The number of para-hydroxylation sites is 2. The van der Waals surface area contributed by atoms with E-state index in [1.807, 2.05) is 48.6 Å². The molecule has 6 heteroatoms. The van der Waals surface area contributed by atoms with E-state index in [1.165, 1.54) is 0 Å². The third-order valence-electron chi connectivity index (χ3n) is 4.18. The lowest BCUT2D eigenvalue weighted by Crippen LogP contribution is -2.13. The summed E-state index contributed by atoms with van der Waals surface area (Å²) in [7, 11) is -3.65. The van der Waals surface area contributed by atoms with E-state index in [4.69, 9.17) is 0 Å². The van der Waals surface area contributed by atoms with Gasteiger partial charge in [-0.3, -0.25) is 9.82 Å². The summed E-state index contributed by atoms with van der Waals surface area (Å²) >= 11 is 0. The zero-order valence-corrected chi connectivity index (χ0v) is 15.1. The molecule has 4 aromatic rings. The zero-order chi connectivity index (χ0) is 18.7. The lowest BCUT2D eigenvalue weighted by atomic mass is 10.1. The van der Waals surface area contributed by atoms with Crippen molar-refractivity contribution in [2.75, 3.05) is 4.72 Å². The Balaban J connectivity index is 1.66. The van der Waals surface area contributed by atoms with Gasteiger partial charge in [0.2, 0.25) is 0 Å². The summed E-state index contributed by atoms with van der Waals surface area (Å²) in [5, 5.41) is 8.31. The van der Waals surface area contributed by atoms with E-state index in [0.29, 0.717) is 5.69 Å². The first kappa shape index (κ1) is 17.1. The summed E-state index contributed by atoms with van der Waals surface area (Å²) in [4.78, 5) is 0.224. The van der Waals surface area contributed by atoms with Crippen LogP contribution in [-0.4, -0.2) is 18.6 Å². The molecule has 134 valence electrons. The third kappa shape index (κ3) is 3.61. The first-order chi connectivity index (χ1) is 13.1. The van der Waals surface area contributed by atoms with Gasteiger partial charge in [-0.15, -0.1) is 0 Å². The van der Waals surface area contributed by atoms with E-state index < -0.39 is 10.0 Å². The third-order valence-corrected chi connectivity index (χ3v) is 5.56. The highest BCUT2D eigenvalue weighted by atomic mass is 32.2.